The number of carbonyl (C=O) groups excluding carboxylic acids is 1. The van der Waals surface area contributed by atoms with Gasteiger partial charge in [-0.2, -0.15) is 9.78 Å². The molecule has 0 saturated heterocycles. The monoisotopic (exact) mass is 349 g/mol. The number of hydrogen-bond acceptors (Lipinski definition) is 6. The van der Waals surface area contributed by atoms with Gasteiger partial charge in [0.15, 0.2) is 11.5 Å². The molecule has 0 unspecified atom stereocenters. The molecule has 0 bridgehead atoms. The lowest BCUT2D eigenvalue weighted by molar-refractivity contribution is -0.116. The van der Waals surface area contributed by atoms with Crippen LogP contribution in [-0.4, -0.2) is 32.4 Å². The first-order chi connectivity index (χ1) is 12.7. The summed E-state index contributed by atoms with van der Waals surface area (Å²) in [6.07, 6.45) is 3.63. The molecule has 0 fully saturated rings. The normalized spacial score (nSPS) is 17.7. The lowest BCUT2D eigenvalue weighted by Crippen LogP contribution is -2.25. The maximum atomic E-state index is 12.4. The van der Waals surface area contributed by atoms with E-state index in [9.17, 15) is 4.79 Å². The summed E-state index contributed by atoms with van der Waals surface area (Å²) in [5, 5.41) is 7.49. The number of benzene rings is 1. The van der Waals surface area contributed by atoms with E-state index >= 15 is 0 Å². The largest absolute Gasteiger partial charge is 0.454 e. The Morgan fingerprint density at radius 3 is 2.85 bits per heavy atom. The van der Waals surface area contributed by atoms with Gasteiger partial charge in [0, 0.05) is 30.3 Å². The smallest absolute Gasteiger partial charge is 0.252 e. The number of nitrogens with one attached hydrogen (secondary N) is 1. The number of carbonyl (C=O) groups is 1. The van der Waals surface area contributed by atoms with Crippen molar-refractivity contribution in [2.24, 2.45) is 0 Å². The SMILES string of the molecule is Cc1nn(-c2ncccn2)c2c1[C@@H](c1ccc3c(c1)OCO3)CC(=O)N2. The Morgan fingerprint density at radius 1 is 1.19 bits per heavy atom. The molecule has 26 heavy (non-hydrogen) atoms. The topological polar surface area (TPSA) is 91.2 Å². The van der Waals surface area contributed by atoms with Crippen LogP contribution in [0.2, 0.25) is 0 Å². The number of aromatic nitrogens is 4. The lowest BCUT2D eigenvalue weighted by atomic mass is 9.85. The number of nitrogens with zero attached hydrogens (tertiary/aromatic N) is 4. The van der Waals surface area contributed by atoms with E-state index in [-0.39, 0.29) is 18.6 Å². The number of aryl methyl sites for hydroxylation is 1. The molecule has 1 aromatic carbocycles. The fourth-order valence-electron chi connectivity index (χ4n) is 3.51. The minimum atomic E-state index is -0.120. The molecule has 8 heteroatoms. The molecule has 0 spiro atoms. The zero-order chi connectivity index (χ0) is 17.7. The van der Waals surface area contributed by atoms with E-state index in [2.05, 4.69) is 20.4 Å². The highest BCUT2D eigenvalue weighted by Gasteiger charge is 2.33. The molecule has 0 saturated carbocycles. The zero-order valence-corrected chi connectivity index (χ0v) is 14.0. The third-order valence-corrected chi connectivity index (χ3v) is 4.64. The van der Waals surface area contributed by atoms with Crippen molar-refractivity contribution in [2.75, 3.05) is 12.1 Å². The van der Waals surface area contributed by atoms with Crippen LogP contribution < -0.4 is 14.8 Å². The zero-order valence-electron chi connectivity index (χ0n) is 14.0. The summed E-state index contributed by atoms with van der Waals surface area (Å²) in [4.78, 5) is 20.9. The van der Waals surface area contributed by atoms with Crippen LogP contribution in [-0.2, 0) is 4.79 Å². The van der Waals surface area contributed by atoms with E-state index in [1.165, 1.54) is 0 Å². The second-order valence-electron chi connectivity index (χ2n) is 6.23. The Morgan fingerprint density at radius 2 is 2.00 bits per heavy atom. The maximum Gasteiger partial charge on any atom is 0.252 e. The molecule has 0 aliphatic carbocycles. The van der Waals surface area contributed by atoms with Gasteiger partial charge in [-0.05, 0) is 30.7 Å². The standard InChI is InChI=1S/C18H15N5O3/c1-10-16-12(11-3-4-13-14(7-11)26-9-25-13)8-15(24)21-17(16)23(22-10)18-19-5-2-6-20-18/h2-7,12H,8-9H2,1H3,(H,21,24)/t12-/m1/s1. The van der Waals surface area contributed by atoms with Crippen LogP contribution in [0.3, 0.4) is 0 Å². The molecular weight excluding hydrogens is 334 g/mol. The van der Waals surface area contributed by atoms with Crippen LogP contribution in [0.5, 0.6) is 11.5 Å². The van der Waals surface area contributed by atoms with E-state index < -0.39 is 0 Å². The molecule has 1 atom stereocenters. The van der Waals surface area contributed by atoms with Crippen molar-refractivity contribution in [2.45, 2.75) is 19.3 Å². The average Bonchev–Trinajstić information content (AvgIpc) is 3.25. The van der Waals surface area contributed by atoms with Gasteiger partial charge >= 0.3 is 0 Å². The van der Waals surface area contributed by atoms with Gasteiger partial charge in [-0.1, -0.05) is 6.07 Å². The van der Waals surface area contributed by atoms with Gasteiger partial charge in [-0.25, -0.2) is 9.97 Å². The summed E-state index contributed by atoms with van der Waals surface area (Å²) in [7, 11) is 0. The minimum absolute atomic E-state index is 0.0720. The van der Waals surface area contributed by atoms with Gasteiger partial charge in [0.05, 0.1) is 5.69 Å². The first kappa shape index (κ1) is 14.9. The van der Waals surface area contributed by atoms with Gasteiger partial charge in [-0.3, -0.25) is 4.79 Å². The van der Waals surface area contributed by atoms with E-state index in [0.717, 1.165) is 22.6 Å². The highest BCUT2D eigenvalue weighted by atomic mass is 16.7. The number of amides is 1. The summed E-state index contributed by atoms with van der Waals surface area (Å²) in [6.45, 7) is 2.15. The molecule has 1 amide bonds. The number of ether oxygens (including phenoxy) is 2. The van der Waals surface area contributed by atoms with Crippen molar-refractivity contribution in [1.29, 1.82) is 0 Å². The summed E-state index contributed by atoms with van der Waals surface area (Å²) in [6, 6.07) is 7.52. The highest BCUT2D eigenvalue weighted by Crippen LogP contribution is 2.43. The Balaban J connectivity index is 1.65. The fraction of sp³-hybridized carbons (Fsp3) is 0.222. The first-order valence-electron chi connectivity index (χ1n) is 8.27. The third kappa shape index (κ3) is 2.22. The molecule has 8 nitrogen and oxygen atoms in total. The van der Waals surface area contributed by atoms with Gasteiger partial charge in [-0.15, -0.1) is 0 Å². The molecule has 4 heterocycles. The van der Waals surface area contributed by atoms with E-state index in [1.54, 1.807) is 23.1 Å². The molecular formula is C18H15N5O3. The summed E-state index contributed by atoms with van der Waals surface area (Å²) >= 11 is 0. The van der Waals surface area contributed by atoms with Gasteiger partial charge in [0.1, 0.15) is 5.82 Å². The highest BCUT2D eigenvalue weighted by molar-refractivity contribution is 5.95. The van der Waals surface area contributed by atoms with Crippen LogP contribution in [0.15, 0.2) is 36.7 Å². The lowest BCUT2D eigenvalue weighted by Gasteiger charge is -2.24. The molecule has 2 aliphatic heterocycles. The van der Waals surface area contributed by atoms with Crippen LogP contribution >= 0.6 is 0 Å². The van der Waals surface area contributed by atoms with Crippen LogP contribution in [0.25, 0.3) is 5.95 Å². The predicted octanol–water partition coefficient (Wildman–Crippen LogP) is 2.17. The molecule has 3 aromatic rings. The third-order valence-electron chi connectivity index (χ3n) is 4.64. The fourth-order valence-corrected chi connectivity index (χ4v) is 3.51. The van der Waals surface area contributed by atoms with Gasteiger partial charge in [0.2, 0.25) is 12.7 Å². The average molecular weight is 349 g/mol. The van der Waals surface area contributed by atoms with Crippen molar-refractivity contribution in [3.8, 4) is 17.4 Å². The molecule has 2 aromatic heterocycles. The number of fused-ring (bicyclic) bond motifs is 2. The second kappa shape index (κ2) is 5.55. The Labute approximate surface area is 148 Å². The number of hydrogen-bond donors (Lipinski definition) is 1. The van der Waals surface area contributed by atoms with Crippen molar-refractivity contribution < 1.29 is 14.3 Å². The summed E-state index contributed by atoms with van der Waals surface area (Å²) in [5.41, 5.74) is 2.79. The van der Waals surface area contributed by atoms with Crippen LogP contribution in [0.4, 0.5) is 5.82 Å². The molecule has 130 valence electrons. The number of anilines is 1. The quantitative estimate of drug-likeness (QED) is 0.762. The van der Waals surface area contributed by atoms with Gasteiger partial charge in [0.25, 0.3) is 5.95 Å². The predicted molar refractivity (Wildman–Crippen MR) is 91.5 cm³/mol. The molecule has 2 aliphatic rings. The van der Waals surface area contributed by atoms with E-state index in [1.807, 2.05) is 25.1 Å². The number of rotatable bonds is 2. The Kier molecular flexibility index (Phi) is 3.18. The first-order valence-corrected chi connectivity index (χ1v) is 8.27. The van der Waals surface area contributed by atoms with Crippen molar-refractivity contribution in [1.82, 2.24) is 19.7 Å². The van der Waals surface area contributed by atoms with Crippen molar-refractivity contribution >= 4 is 11.7 Å². The Bertz CT molecular complexity index is 1020. The minimum Gasteiger partial charge on any atom is -0.454 e. The maximum absolute atomic E-state index is 12.4. The van der Waals surface area contributed by atoms with E-state index in [0.29, 0.717) is 23.9 Å². The molecule has 0 radical (unpaired) electrons. The van der Waals surface area contributed by atoms with Crippen molar-refractivity contribution in [3.05, 3.63) is 53.5 Å². The van der Waals surface area contributed by atoms with Crippen LogP contribution in [0, 0.1) is 6.92 Å². The summed E-state index contributed by atoms with van der Waals surface area (Å²) in [5.74, 6) is 2.27. The van der Waals surface area contributed by atoms with Crippen LogP contribution in [0.1, 0.15) is 29.2 Å². The van der Waals surface area contributed by atoms with E-state index in [4.69, 9.17) is 9.47 Å². The van der Waals surface area contributed by atoms with Gasteiger partial charge < -0.3 is 14.8 Å². The second-order valence-corrected chi connectivity index (χ2v) is 6.23. The summed E-state index contributed by atoms with van der Waals surface area (Å²) < 4.78 is 12.5. The molecule has 5 rings (SSSR count). The molecule has 1 N–H and O–H groups in total. The van der Waals surface area contributed by atoms with Crippen molar-refractivity contribution in [3.63, 3.8) is 0 Å². The Hall–Kier alpha value is -3.42.